The van der Waals surface area contributed by atoms with Crippen molar-refractivity contribution in [2.45, 2.75) is 46.1 Å². The van der Waals surface area contributed by atoms with Gasteiger partial charge in [-0.15, -0.1) is 0 Å². The van der Waals surface area contributed by atoms with Gasteiger partial charge in [0, 0.05) is 12.6 Å². The van der Waals surface area contributed by atoms with Gasteiger partial charge in [0.2, 0.25) is 0 Å². The second-order valence-corrected chi connectivity index (χ2v) is 5.44. The Bertz CT molecular complexity index is 360. The lowest BCUT2D eigenvalue weighted by molar-refractivity contribution is 0.305. The van der Waals surface area contributed by atoms with Gasteiger partial charge >= 0.3 is 0 Å². The third-order valence-corrected chi connectivity index (χ3v) is 3.49. The van der Waals surface area contributed by atoms with Gasteiger partial charge < -0.3 is 10.6 Å². The van der Waals surface area contributed by atoms with E-state index in [1.165, 1.54) is 36.0 Å². The molecule has 102 valence electrons. The summed E-state index contributed by atoms with van der Waals surface area (Å²) >= 11 is 0. The average Bonchev–Trinajstić information content (AvgIpc) is 2.32. The van der Waals surface area contributed by atoms with Crippen LogP contribution in [0.3, 0.4) is 0 Å². The summed E-state index contributed by atoms with van der Waals surface area (Å²) in [4.78, 5) is 2.35. The van der Waals surface area contributed by atoms with E-state index in [0.29, 0.717) is 0 Å². The molecule has 2 nitrogen and oxygen atoms in total. The minimum atomic E-state index is 0.122. The SMILES string of the molecule is CCCCCN(C)CC(N)c1cc(C)ccc1C. The van der Waals surface area contributed by atoms with Crippen molar-refractivity contribution < 1.29 is 0 Å². The number of aryl methyl sites for hydroxylation is 2. The van der Waals surface area contributed by atoms with Crippen LogP contribution in [0.1, 0.15) is 48.9 Å². The number of hydrogen-bond acceptors (Lipinski definition) is 2. The zero-order valence-electron chi connectivity index (χ0n) is 12.4. The zero-order valence-corrected chi connectivity index (χ0v) is 12.4. The molecule has 2 heteroatoms. The lowest BCUT2D eigenvalue weighted by atomic mass is 9.99. The fraction of sp³-hybridized carbons (Fsp3) is 0.625. The molecule has 0 amide bonds. The highest BCUT2D eigenvalue weighted by Gasteiger charge is 2.11. The van der Waals surface area contributed by atoms with Crippen molar-refractivity contribution in [2.24, 2.45) is 5.73 Å². The van der Waals surface area contributed by atoms with Crippen molar-refractivity contribution in [3.8, 4) is 0 Å². The molecule has 18 heavy (non-hydrogen) atoms. The van der Waals surface area contributed by atoms with E-state index in [-0.39, 0.29) is 6.04 Å². The van der Waals surface area contributed by atoms with Crippen LogP contribution < -0.4 is 5.73 Å². The third-order valence-electron chi connectivity index (χ3n) is 3.49. The van der Waals surface area contributed by atoms with Crippen LogP contribution in [0.5, 0.6) is 0 Å². The number of likely N-dealkylation sites (N-methyl/N-ethyl adjacent to an activating group) is 1. The summed E-state index contributed by atoms with van der Waals surface area (Å²) in [5.74, 6) is 0. The predicted molar refractivity (Wildman–Crippen MR) is 79.9 cm³/mol. The number of nitrogens with two attached hydrogens (primary N) is 1. The number of hydrogen-bond donors (Lipinski definition) is 1. The fourth-order valence-corrected chi connectivity index (χ4v) is 2.32. The van der Waals surface area contributed by atoms with Crippen LogP contribution >= 0.6 is 0 Å². The van der Waals surface area contributed by atoms with Gasteiger partial charge in [-0.1, -0.05) is 43.5 Å². The van der Waals surface area contributed by atoms with Crippen molar-refractivity contribution in [3.05, 3.63) is 34.9 Å². The predicted octanol–water partition coefficient (Wildman–Crippen LogP) is 3.43. The third kappa shape index (κ3) is 4.79. The van der Waals surface area contributed by atoms with E-state index in [4.69, 9.17) is 5.73 Å². The van der Waals surface area contributed by atoms with Crippen molar-refractivity contribution in [1.82, 2.24) is 4.90 Å². The number of unbranched alkanes of at least 4 members (excludes halogenated alkanes) is 2. The minimum Gasteiger partial charge on any atom is -0.323 e. The van der Waals surface area contributed by atoms with Crippen LogP contribution in [0.2, 0.25) is 0 Å². The van der Waals surface area contributed by atoms with E-state index < -0.39 is 0 Å². The van der Waals surface area contributed by atoms with E-state index >= 15 is 0 Å². The van der Waals surface area contributed by atoms with Gasteiger partial charge in [0.05, 0.1) is 0 Å². The second-order valence-electron chi connectivity index (χ2n) is 5.44. The normalized spacial score (nSPS) is 13.0. The highest BCUT2D eigenvalue weighted by Crippen LogP contribution is 2.18. The number of rotatable bonds is 7. The summed E-state index contributed by atoms with van der Waals surface area (Å²) in [6.45, 7) is 8.59. The lowest BCUT2D eigenvalue weighted by Crippen LogP contribution is -2.30. The fourth-order valence-electron chi connectivity index (χ4n) is 2.32. The Balaban J connectivity index is 2.53. The molecule has 0 aromatic heterocycles. The van der Waals surface area contributed by atoms with E-state index in [1.54, 1.807) is 0 Å². The molecule has 0 saturated heterocycles. The standard InChI is InChI=1S/C16H28N2/c1-5-6-7-10-18(4)12-16(17)15-11-13(2)8-9-14(15)3/h8-9,11,16H,5-7,10,12,17H2,1-4H3. The molecular weight excluding hydrogens is 220 g/mol. The van der Waals surface area contributed by atoms with Crippen molar-refractivity contribution in [1.29, 1.82) is 0 Å². The van der Waals surface area contributed by atoms with Gasteiger partial charge in [0.15, 0.2) is 0 Å². The summed E-state index contributed by atoms with van der Waals surface area (Å²) in [5, 5.41) is 0. The average molecular weight is 248 g/mol. The van der Waals surface area contributed by atoms with Crippen LogP contribution in [0.4, 0.5) is 0 Å². The first-order valence-electron chi connectivity index (χ1n) is 7.06. The lowest BCUT2D eigenvalue weighted by Gasteiger charge is -2.23. The molecule has 1 aromatic carbocycles. The van der Waals surface area contributed by atoms with Crippen LogP contribution in [-0.2, 0) is 0 Å². The van der Waals surface area contributed by atoms with Crippen LogP contribution in [0, 0.1) is 13.8 Å². The van der Waals surface area contributed by atoms with Gasteiger partial charge in [-0.3, -0.25) is 0 Å². The quantitative estimate of drug-likeness (QED) is 0.749. The number of nitrogens with zero attached hydrogens (tertiary/aromatic N) is 1. The smallest absolute Gasteiger partial charge is 0.0426 e. The second kappa shape index (κ2) is 7.55. The molecular formula is C16H28N2. The molecule has 0 spiro atoms. The summed E-state index contributed by atoms with van der Waals surface area (Å²) in [6.07, 6.45) is 3.85. The maximum Gasteiger partial charge on any atom is 0.0426 e. The maximum absolute atomic E-state index is 6.33. The van der Waals surface area contributed by atoms with Gasteiger partial charge in [0.1, 0.15) is 0 Å². The summed E-state index contributed by atoms with van der Waals surface area (Å²) < 4.78 is 0. The highest BCUT2D eigenvalue weighted by atomic mass is 15.1. The molecule has 0 fully saturated rings. The van der Waals surface area contributed by atoms with E-state index in [0.717, 1.165) is 13.1 Å². The first-order valence-corrected chi connectivity index (χ1v) is 7.06. The zero-order chi connectivity index (χ0) is 13.5. The molecule has 0 aliphatic carbocycles. The minimum absolute atomic E-state index is 0.122. The highest BCUT2D eigenvalue weighted by molar-refractivity contribution is 5.32. The molecule has 1 aromatic rings. The molecule has 0 saturated carbocycles. The summed E-state index contributed by atoms with van der Waals surface area (Å²) in [5.41, 5.74) is 10.2. The molecule has 0 aliphatic rings. The summed E-state index contributed by atoms with van der Waals surface area (Å²) in [7, 11) is 2.17. The Morgan fingerprint density at radius 2 is 1.94 bits per heavy atom. The molecule has 1 atom stereocenters. The molecule has 0 aliphatic heterocycles. The van der Waals surface area contributed by atoms with E-state index in [2.05, 4.69) is 50.9 Å². The Hall–Kier alpha value is -0.860. The van der Waals surface area contributed by atoms with Gasteiger partial charge in [-0.05, 0) is 45.0 Å². The first kappa shape index (κ1) is 15.2. The Labute approximate surface area is 112 Å². The van der Waals surface area contributed by atoms with E-state index in [1.807, 2.05) is 0 Å². The molecule has 0 heterocycles. The van der Waals surface area contributed by atoms with Crippen molar-refractivity contribution >= 4 is 0 Å². The monoisotopic (exact) mass is 248 g/mol. The molecule has 2 N–H and O–H groups in total. The Morgan fingerprint density at radius 3 is 2.61 bits per heavy atom. The van der Waals surface area contributed by atoms with Crippen molar-refractivity contribution in [2.75, 3.05) is 20.1 Å². The number of benzene rings is 1. The topological polar surface area (TPSA) is 29.3 Å². The maximum atomic E-state index is 6.33. The van der Waals surface area contributed by atoms with Crippen LogP contribution in [0.15, 0.2) is 18.2 Å². The van der Waals surface area contributed by atoms with Crippen molar-refractivity contribution in [3.63, 3.8) is 0 Å². The van der Waals surface area contributed by atoms with Gasteiger partial charge in [0.25, 0.3) is 0 Å². The van der Waals surface area contributed by atoms with Crippen LogP contribution in [-0.4, -0.2) is 25.0 Å². The van der Waals surface area contributed by atoms with Gasteiger partial charge in [-0.25, -0.2) is 0 Å². The Kier molecular flexibility index (Phi) is 6.37. The van der Waals surface area contributed by atoms with Crippen LogP contribution in [0.25, 0.3) is 0 Å². The molecule has 1 rings (SSSR count). The van der Waals surface area contributed by atoms with E-state index in [9.17, 15) is 0 Å². The first-order chi connectivity index (χ1) is 8.54. The molecule has 0 radical (unpaired) electrons. The Morgan fingerprint density at radius 1 is 1.22 bits per heavy atom. The van der Waals surface area contributed by atoms with Gasteiger partial charge in [-0.2, -0.15) is 0 Å². The molecule has 1 unspecified atom stereocenters. The largest absolute Gasteiger partial charge is 0.323 e. The summed E-state index contributed by atoms with van der Waals surface area (Å²) in [6, 6.07) is 6.66. The molecule has 0 bridgehead atoms.